The lowest BCUT2D eigenvalue weighted by molar-refractivity contribution is 0.551. The largest absolute Gasteiger partial charge is 0.310 e. The van der Waals surface area contributed by atoms with Gasteiger partial charge in [-0.2, -0.15) is 0 Å². The molecule has 0 bridgehead atoms. The van der Waals surface area contributed by atoms with Crippen LogP contribution in [0, 0.1) is 0 Å². The van der Waals surface area contributed by atoms with Gasteiger partial charge in [-0.15, -0.1) is 11.3 Å². The van der Waals surface area contributed by atoms with E-state index >= 15 is 0 Å². The van der Waals surface area contributed by atoms with Crippen molar-refractivity contribution in [3.8, 4) is 0 Å². The molecule has 1 N–H and O–H groups in total. The number of hydrogen-bond acceptors (Lipinski definition) is 3. The highest BCUT2D eigenvalue weighted by Gasteiger charge is 2.13. The minimum atomic E-state index is 0.348. The number of rotatable bonds is 5. The molecule has 1 aromatic carbocycles. The Bertz CT molecular complexity index is 676. The second kappa shape index (κ2) is 6.16. The Morgan fingerprint density at radius 2 is 1.95 bits per heavy atom. The van der Waals surface area contributed by atoms with E-state index in [1.807, 2.05) is 23.7 Å². The molecule has 3 heteroatoms. The number of thiophene rings is 1. The number of aromatic nitrogens is 1. The lowest BCUT2D eigenvalue weighted by Gasteiger charge is -2.18. The van der Waals surface area contributed by atoms with Gasteiger partial charge in [-0.25, -0.2) is 0 Å². The fraction of sp³-hybridized carbons (Fsp3) is 0.235. The van der Waals surface area contributed by atoms with E-state index in [0.717, 1.165) is 13.0 Å². The van der Waals surface area contributed by atoms with Gasteiger partial charge in [0, 0.05) is 23.1 Å². The van der Waals surface area contributed by atoms with Crippen LogP contribution >= 0.6 is 11.3 Å². The standard InChI is InChI=1S/C17H18N2S/c1-2-19-16(13-7-9-18-10-8-13)11-14-12-20-17-6-4-3-5-15(14)17/h3-10,12,16,19H,2,11H2,1H3. The van der Waals surface area contributed by atoms with Crippen molar-refractivity contribution < 1.29 is 0 Å². The third-order valence-electron chi connectivity index (χ3n) is 3.54. The SMILES string of the molecule is CCNC(Cc1csc2ccccc12)c1ccncc1. The summed E-state index contributed by atoms with van der Waals surface area (Å²) in [6.07, 6.45) is 4.75. The third kappa shape index (κ3) is 2.74. The molecule has 0 radical (unpaired) electrons. The van der Waals surface area contributed by atoms with Crippen LogP contribution in [0.5, 0.6) is 0 Å². The molecule has 1 atom stereocenters. The van der Waals surface area contributed by atoms with Gasteiger partial charge in [0.25, 0.3) is 0 Å². The normalized spacial score (nSPS) is 12.7. The van der Waals surface area contributed by atoms with E-state index in [1.165, 1.54) is 21.2 Å². The molecular formula is C17H18N2S. The van der Waals surface area contributed by atoms with E-state index in [9.17, 15) is 0 Å². The van der Waals surface area contributed by atoms with Crippen LogP contribution in [-0.4, -0.2) is 11.5 Å². The zero-order valence-electron chi connectivity index (χ0n) is 11.5. The molecule has 2 heterocycles. The highest BCUT2D eigenvalue weighted by atomic mass is 32.1. The zero-order chi connectivity index (χ0) is 13.8. The van der Waals surface area contributed by atoms with Gasteiger partial charge in [0.05, 0.1) is 0 Å². The van der Waals surface area contributed by atoms with Crippen LogP contribution in [0.2, 0.25) is 0 Å². The Balaban J connectivity index is 1.90. The number of likely N-dealkylation sites (N-methyl/N-ethyl adjacent to an activating group) is 1. The topological polar surface area (TPSA) is 24.9 Å². The van der Waals surface area contributed by atoms with Gasteiger partial charge in [0.15, 0.2) is 0 Å². The molecule has 102 valence electrons. The molecule has 1 unspecified atom stereocenters. The first-order valence-corrected chi connectivity index (χ1v) is 7.85. The lowest BCUT2D eigenvalue weighted by atomic mass is 9.99. The molecule has 0 aliphatic heterocycles. The minimum Gasteiger partial charge on any atom is -0.310 e. The summed E-state index contributed by atoms with van der Waals surface area (Å²) in [5, 5.41) is 7.25. The first-order valence-electron chi connectivity index (χ1n) is 6.97. The van der Waals surface area contributed by atoms with E-state index in [4.69, 9.17) is 0 Å². The number of fused-ring (bicyclic) bond motifs is 1. The maximum Gasteiger partial charge on any atom is 0.0362 e. The van der Waals surface area contributed by atoms with Crippen molar-refractivity contribution >= 4 is 21.4 Å². The van der Waals surface area contributed by atoms with Crippen LogP contribution in [0.3, 0.4) is 0 Å². The Hall–Kier alpha value is -1.71. The van der Waals surface area contributed by atoms with Crippen LogP contribution in [0.25, 0.3) is 10.1 Å². The summed E-state index contributed by atoms with van der Waals surface area (Å²) in [6.45, 7) is 3.12. The second-order valence-corrected chi connectivity index (χ2v) is 5.76. The molecule has 3 rings (SSSR count). The Morgan fingerprint density at radius 1 is 1.15 bits per heavy atom. The van der Waals surface area contributed by atoms with Gasteiger partial charge >= 0.3 is 0 Å². The molecular weight excluding hydrogens is 264 g/mol. The summed E-state index contributed by atoms with van der Waals surface area (Å²) in [7, 11) is 0. The quantitative estimate of drug-likeness (QED) is 0.759. The summed E-state index contributed by atoms with van der Waals surface area (Å²) in [5.74, 6) is 0. The van der Waals surface area contributed by atoms with Crippen LogP contribution in [0.4, 0.5) is 0 Å². The molecule has 0 aliphatic carbocycles. The average molecular weight is 282 g/mol. The molecule has 3 aromatic rings. The van der Waals surface area contributed by atoms with Crippen molar-refractivity contribution in [3.05, 3.63) is 65.3 Å². The third-order valence-corrected chi connectivity index (χ3v) is 4.56. The van der Waals surface area contributed by atoms with E-state index < -0.39 is 0 Å². The number of nitrogens with zero attached hydrogens (tertiary/aromatic N) is 1. The van der Waals surface area contributed by atoms with Crippen molar-refractivity contribution in [2.45, 2.75) is 19.4 Å². The first kappa shape index (κ1) is 13.3. The van der Waals surface area contributed by atoms with Crippen molar-refractivity contribution in [1.29, 1.82) is 0 Å². The maximum absolute atomic E-state index is 4.11. The second-order valence-electron chi connectivity index (χ2n) is 4.85. The molecule has 2 aromatic heterocycles. The predicted molar refractivity (Wildman–Crippen MR) is 86.2 cm³/mol. The van der Waals surface area contributed by atoms with Crippen LogP contribution in [0.1, 0.15) is 24.1 Å². The van der Waals surface area contributed by atoms with E-state index in [2.05, 4.69) is 59.0 Å². The highest BCUT2D eigenvalue weighted by Crippen LogP contribution is 2.29. The van der Waals surface area contributed by atoms with Crippen molar-refractivity contribution in [1.82, 2.24) is 10.3 Å². The number of nitrogens with one attached hydrogen (secondary N) is 1. The van der Waals surface area contributed by atoms with Gasteiger partial charge in [0.2, 0.25) is 0 Å². The Kier molecular flexibility index (Phi) is 4.09. The molecule has 20 heavy (non-hydrogen) atoms. The highest BCUT2D eigenvalue weighted by molar-refractivity contribution is 7.17. The average Bonchev–Trinajstić information content (AvgIpc) is 2.91. The van der Waals surface area contributed by atoms with Gasteiger partial charge in [-0.05, 0) is 53.1 Å². The van der Waals surface area contributed by atoms with Gasteiger partial charge < -0.3 is 5.32 Å². The Morgan fingerprint density at radius 3 is 2.75 bits per heavy atom. The minimum absolute atomic E-state index is 0.348. The summed E-state index contributed by atoms with van der Waals surface area (Å²) in [4.78, 5) is 4.11. The van der Waals surface area contributed by atoms with Crippen molar-refractivity contribution in [2.75, 3.05) is 6.54 Å². The first-order chi connectivity index (χ1) is 9.88. The van der Waals surface area contributed by atoms with Crippen LogP contribution in [-0.2, 0) is 6.42 Å². The smallest absolute Gasteiger partial charge is 0.0362 e. The van der Waals surface area contributed by atoms with E-state index in [0.29, 0.717) is 6.04 Å². The summed E-state index contributed by atoms with van der Waals surface area (Å²) in [5.41, 5.74) is 2.73. The summed E-state index contributed by atoms with van der Waals surface area (Å²) < 4.78 is 1.37. The van der Waals surface area contributed by atoms with E-state index in [1.54, 1.807) is 0 Å². The van der Waals surface area contributed by atoms with Gasteiger partial charge in [-0.1, -0.05) is 25.1 Å². The Labute approximate surface area is 123 Å². The lowest BCUT2D eigenvalue weighted by Crippen LogP contribution is -2.22. The van der Waals surface area contributed by atoms with Gasteiger partial charge in [0.1, 0.15) is 0 Å². The summed E-state index contributed by atoms with van der Waals surface area (Å²) in [6, 6.07) is 13.2. The number of benzene rings is 1. The summed E-state index contributed by atoms with van der Waals surface area (Å²) >= 11 is 1.83. The predicted octanol–water partition coefficient (Wildman–Crippen LogP) is 4.19. The monoisotopic (exact) mass is 282 g/mol. The molecule has 0 amide bonds. The zero-order valence-corrected chi connectivity index (χ0v) is 12.4. The molecule has 0 saturated heterocycles. The molecule has 0 aliphatic rings. The van der Waals surface area contributed by atoms with Gasteiger partial charge in [-0.3, -0.25) is 4.98 Å². The van der Waals surface area contributed by atoms with Crippen LogP contribution in [0.15, 0.2) is 54.2 Å². The molecule has 0 saturated carbocycles. The number of pyridine rings is 1. The molecule has 0 spiro atoms. The molecule has 2 nitrogen and oxygen atoms in total. The van der Waals surface area contributed by atoms with E-state index in [-0.39, 0.29) is 0 Å². The fourth-order valence-electron chi connectivity index (χ4n) is 2.56. The number of hydrogen-bond donors (Lipinski definition) is 1. The maximum atomic E-state index is 4.11. The molecule has 0 fully saturated rings. The van der Waals surface area contributed by atoms with Crippen LogP contribution < -0.4 is 5.32 Å². The van der Waals surface area contributed by atoms with Crippen molar-refractivity contribution in [2.24, 2.45) is 0 Å². The van der Waals surface area contributed by atoms with Crippen molar-refractivity contribution in [3.63, 3.8) is 0 Å². The fourth-order valence-corrected chi connectivity index (χ4v) is 3.54.